The second-order valence-corrected chi connectivity index (χ2v) is 5.21. The molecule has 1 heterocycles. The summed E-state index contributed by atoms with van der Waals surface area (Å²) in [4.78, 5) is 24.9. The number of carbonyl (C=O) groups is 2. The van der Waals surface area contributed by atoms with Gasteiger partial charge in [-0.25, -0.2) is 0 Å². The first-order valence-electron chi connectivity index (χ1n) is 5.57. The summed E-state index contributed by atoms with van der Waals surface area (Å²) in [6.45, 7) is 10.4. The minimum absolute atomic E-state index is 0.0341. The van der Waals surface area contributed by atoms with Crippen molar-refractivity contribution in [1.29, 1.82) is 0 Å². The summed E-state index contributed by atoms with van der Waals surface area (Å²) < 4.78 is 0. The smallest absolute Gasteiger partial charge is 0.245 e. The van der Waals surface area contributed by atoms with Crippen molar-refractivity contribution in [1.82, 2.24) is 10.2 Å². The van der Waals surface area contributed by atoms with Crippen molar-refractivity contribution in [3.8, 4) is 0 Å². The van der Waals surface area contributed by atoms with Crippen molar-refractivity contribution in [2.45, 2.75) is 32.7 Å². The van der Waals surface area contributed by atoms with E-state index in [9.17, 15) is 9.59 Å². The molecule has 0 spiro atoms. The molecule has 0 aliphatic carbocycles. The van der Waals surface area contributed by atoms with Crippen LogP contribution in [0.3, 0.4) is 0 Å². The number of nitrogens with zero attached hydrogens (tertiary/aromatic N) is 1. The van der Waals surface area contributed by atoms with E-state index in [1.165, 1.54) is 6.08 Å². The van der Waals surface area contributed by atoms with Crippen molar-refractivity contribution < 1.29 is 9.59 Å². The van der Waals surface area contributed by atoms with Gasteiger partial charge >= 0.3 is 0 Å². The van der Waals surface area contributed by atoms with Gasteiger partial charge in [0.05, 0.1) is 5.92 Å². The molecule has 1 atom stereocenters. The average Bonchev–Trinajstić information content (AvgIpc) is 2.62. The van der Waals surface area contributed by atoms with E-state index in [4.69, 9.17) is 0 Å². The molecule has 1 aliphatic heterocycles. The van der Waals surface area contributed by atoms with E-state index in [1.54, 1.807) is 4.90 Å². The Bertz CT molecular complexity index is 305. The number of hydrogen-bond donors (Lipinski definition) is 1. The van der Waals surface area contributed by atoms with Crippen LogP contribution in [0.4, 0.5) is 0 Å². The molecule has 16 heavy (non-hydrogen) atoms. The standard InChI is InChI=1S/C12H20N2O2/c1-5-10(15)14-7-6-9(8-14)11(16)13-12(2,3)4/h5,9H,1,6-8H2,2-4H3,(H,13,16)/t9-/m0/s1. The first kappa shape index (κ1) is 12.7. The highest BCUT2D eigenvalue weighted by Crippen LogP contribution is 2.17. The Morgan fingerprint density at radius 3 is 2.56 bits per heavy atom. The molecule has 0 aromatic rings. The molecule has 2 amide bonds. The SMILES string of the molecule is C=CC(=O)N1CC[C@H](C(=O)NC(C)(C)C)C1. The van der Waals surface area contributed by atoms with Gasteiger partial charge in [0.1, 0.15) is 0 Å². The lowest BCUT2D eigenvalue weighted by Gasteiger charge is -2.23. The molecule has 4 heteroatoms. The second kappa shape index (κ2) is 4.68. The molecule has 1 aliphatic rings. The fourth-order valence-corrected chi connectivity index (χ4v) is 1.78. The van der Waals surface area contributed by atoms with Gasteiger partial charge in [-0.15, -0.1) is 0 Å². The molecular formula is C12H20N2O2. The third-order valence-corrected chi connectivity index (χ3v) is 2.54. The molecule has 0 aromatic heterocycles. The third kappa shape index (κ3) is 3.36. The minimum atomic E-state index is -0.215. The Balaban J connectivity index is 2.50. The summed E-state index contributed by atoms with van der Waals surface area (Å²) in [5.74, 6) is -0.138. The predicted octanol–water partition coefficient (Wildman–Crippen LogP) is 0.936. The topological polar surface area (TPSA) is 49.4 Å². The summed E-state index contributed by atoms with van der Waals surface area (Å²) in [7, 11) is 0. The van der Waals surface area contributed by atoms with Crippen LogP contribution in [0, 0.1) is 5.92 Å². The molecule has 1 saturated heterocycles. The zero-order valence-electron chi connectivity index (χ0n) is 10.2. The van der Waals surface area contributed by atoms with Crippen molar-refractivity contribution in [2.24, 2.45) is 5.92 Å². The molecule has 4 nitrogen and oxygen atoms in total. The second-order valence-electron chi connectivity index (χ2n) is 5.21. The van der Waals surface area contributed by atoms with Crippen LogP contribution in [0.2, 0.25) is 0 Å². The quantitative estimate of drug-likeness (QED) is 0.710. The molecule has 1 rings (SSSR count). The van der Waals surface area contributed by atoms with Crippen LogP contribution in [0.15, 0.2) is 12.7 Å². The van der Waals surface area contributed by atoms with Gasteiger partial charge in [0.2, 0.25) is 11.8 Å². The highest BCUT2D eigenvalue weighted by molar-refractivity contribution is 5.88. The predicted molar refractivity (Wildman–Crippen MR) is 62.8 cm³/mol. The van der Waals surface area contributed by atoms with Gasteiger partial charge in [0.15, 0.2) is 0 Å². The molecule has 0 radical (unpaired) electrons. The Labute approximate surface area is 96.7 Å². The maximum absolute atomic E-state index is 11.8. The highest BCUT2D eigenvalue weighted by atomic mass is 16.2. The van der Waals surface area contributed by atoms with Gasteiger partial charge in [-0.05, 0) is 33.3 Å². The van der Waals surface area contributed by atoms with Crippen molar-refractivity contribution in [3.63, 3.8) is 0 Å². The van der Waals surface area contributed by atoms with Crippen molar-refractivity contribution in [3.05, 3.63) is 12.7 Å². The highest BCUT2D eigenvalue weighted by Gasteiger charge is 2.31. The van der Waals surface area contributed by atoms with Crippen LogP contribution in [0.5, 0.6) is 0 Å². The molecule has 1 N–H and O–H groups in total. The van der Waals surface area contributed by atoms with Crippen LogP contribution in [-0.4, -0.2) is 35.3 Å². The minimum Gasteiger partial charge on any atom is -0.351 e. The van der Waals surface area contributed by atoms with Crippen molar-refractivity contribution >= 4 is 11.8 Å². The van der Waals surface area contributed by atoms with E-state index in [0.29, 0.717) is 13.1 Å². The maximum Gasteiger partial charge on any atom is 0.245 e. The largest absolute Gasteiger partial charge is 0.351 e. The zero-order valence-corrected chi connectivity index (χ0v) is 10.2. The number of hydrogen-bond acceptors (Lipinski definition) is 2. The number of rotatable bonds is 2. The Hall–Kier alpha value is -1.32. The Morgan fingerprint density at radius 2 is 2.06 bits per heavy atom. The van der Waals surface area contributed by atoms with Crippen LogP contribution >= 0.6 is 0 Å². The molecule has 0 saturated carbocycles. The zero-order chi connectivity index (χ0) is 12.3. The van der Waals surface area contributed by atoms with E-state index in [0.717, 1.165) is 6.42 Å². The van der Waals surface area contributed by atoms with Gasteiger partial charge in [0.25, 0.3) is 0 Å². The lowest BCUT2D eigenvalue weighted by molar-refractivity contribution is -0.127. The molecule has 0 bridgehead atoms. The number of amides is 2. The van der Waals surface area contributed by atoms with Gasteiger partial charge in [-0.1, -0.05) is 6.58 Å². The first-order chi connectivity index (χ1) is 7.33. The number of carbonyl (C=O) groups excluding carboxylic acids is 2. The van der Waals surface area contributed by atoms with E-state index in [-0.39, 0.29) is 23.3 Å². The monoisotopic (exact) mass is 224 g/mol. The van der Waals surface area contributed by atoms with Crippen LogP contribution in [0.1, 0.15) is 27.2 Å². The summed E-state index contributed by atoms with van der Waals surface area (Å²) in [5, 5.41) is 2.94. The normalized spacial score (nSPS) is 20.7. The molecule has 90 valence electrons. The maximum atomic E-state index is 11.8. The number of nitrogens with one attached hydrogen (secondary N) is 1. The van der Waals surface area contributed by atoms with E-state index in [1.807, 2.05) is 20.8 Å². The average molecular weight is 224 g/mol. The lowest BCUT2D eigenvalue weighted by Crippen LogP contribution is -2.44. The molecular weight excluding hydrogens is 204 g/mol. The summed E-state index contributed by atoms with van der Waals surface area (Å²) >= 11 is 0. The van der Waals surface area contributed by atoms with E-state index >= 15 is 0 Å². The first-order valence-corrected chi connectivity index (χ1v) is 5.57. The van der Waals surface area contributed by atoms with Gasteiger partial charge in [-0.2, -0.15) is 0 Å². The van der Waals surface area contributed by atoms with Gasteiger partial charge in [-0.3, -0.25) is 9.59 Å². The summed E-state index contributed by atoms with van der Waals surface area (Å²) in [6.07, 6.45) is 2.03. The summed E-state index contributed by atoms with van der Waals surface area (Å²) in [6, 6.07) is 0. The fraction of sp³-hybridized carbons (Fsp3) is 0.667. The summed E-state index contributed by atoms with van der Waals surface area (Å²) in [5.41, 5.74) is -0.215. The molecule has 0 unspecified atom stereocenters. The van der Waals surface area contributed by atoms with Gasteiger partial charge < -0.3 is 10.2 Å². The van der Waals surface area contributed by atoms with Crippen molar-refractivity contribution in [2.75, 3.05) is 13.1 Å². The Morgan fingerprint density at radius 1 is 1.44 bits per heavy atom. The fourth-order valence-electron chi connectivity index (χ4n) is 1.78. The Kier molecular flexibility index (Phi) is 3.73. The van der Waals surface area contributed by atoms with Gasteiger partial charge in [0, 0.05) is 18.6 Å². The molecule has 1 fully saturated rings. The van der Waals surface area contributed by atoms with Crippen LogP contribution < -0.4 is 5.32 Å². The lowest BCUT2D eigenvalue weighted by atomic mass is 10.0. The van der Waals surface area contributed by atoms with Crippen LogP contribution in [0.25, 0.3) is 0 Å². The molecule has 0 aromatic carbocycles. The van der Waals surface area contributed by atoms with Crippen LogP contribution in [-0.2, 0) is 9.59 Å². The van der Waals surface area contributed by atoms with E-state index < -0.39 is 0 Å². The van der Waals surface area contributed by atoms with E-state index in [2.05, 4.69) is 11.9 Å². The third-order valence-electron chi connectivity index (χ3n) is 2.54. The number of likely N-dealkylation sites (tertiary alicyclic amines) is 1.